The van der Waals surface area contributed by atoms with Gasteiger partial charge in [0.25, 0.3) is 11.4 Å². The Balaban J connectivity index is 1.94. The largest absolute Gasteiger partial charge is 0.344 e. The van der Waals surface area contributed by atoms with Crippen molar-refractivity contribution in [2.75, 3.05) is 18.0 Å². The molecule has 0 saturated heterocycles. The lowest BCUT2D eigenvalue weighted by Crippen LogP contribution is -2.33. The number of non-ortho nitro benzene ring substituents is 2. The van der Waals surface area contributed by atoms with E-state index >= 15 is 0 Å². The molecule has 208 valence electrons. The molecule has 0 N–H and O–H groups in total. The van der Waals surface area contributed by atoms with Crippen LogP contribution in [0.2, 0.25) is 0 Å². The van der Waals surface area contributed by atoms with Crippen molar-refractivity contribution in [1.82, 2.24) is 0 Å². The van der Waals surface area contributed by atoms with Crippen LogP contribution in [-0.4, -0.2) is 33.2 Å². The number of rotatable bonds is 9. The number of nitrogens with zero attached hydrogens (tertiary/aromatic N) is 4. The molecule has 0 saturated carbocycles. The first kappa shape index (κ1) is 28.5. The first-order valence-corrected chi connectivity index (χ1v) is 13.9. The quantitative estimate of drug-likeness (QED) is 0.187. The molecule has 8 heteroatoms. The molecule has 0 radical (unpaired) electrons. The lowest BCUT2D eigenvalue weighted by Gasteiger charge is -2.28. The van der Waals surface area contributed by atoms with E-state index in [9.17, 15) is 20.2 Å². The van der Waals surface area contributed by atoms with Gasteiger partial charge in [-0.1, -0.05) is 41.5 Å². The van der Waals surface area contributed by atoms with Crippen LogP contribution in [0, 0.1) is 32.1 Å². The average Bonchev–Trinajstić information content (AvgIpc) is 3.19. The average molecular weight is 534 g/mol. The Kier molecular flexibility index (Phi) is 7.45. The van der Waals surface area contributed by atoms with Crippen LogP contribution in [0.1, 0.15) is 79.4 Å². The lowest BCUT2D eigenvalue weighted by molar-refractivity contribution is -0.439. The SMILES string of the molecule is CC(C)CCN1/C(=C/C2=[N+](CCC(C)C)c3ccc([N+](=O)[O-])cc3C2(C)C)C(C)(C)c2cc([N+](=O)[O-])ccc21. The van der Waals surface area contributed by atoms with Crippen molar-refractivity contribution in [3.8, 4) is 0 Å². The molecule has 0 fully saturated rings. The van der Waals surface area contributed by atoms with Crippen LogP contribution in [-0.2, 0) is 10.8 Å². The summed E-state index contributed by atoms with van der Waals surface area (Å²) in [6, 6.07) is 10.4. The smallest absolute Gasteiger partial charge is 0.270 e. The number of benzene rings is 2. The summed E-state index contributed by atoms with van der Waals surface area (Å²) in [5.41, 5.74) is 5.37. The summed E-state index contributed by atoms with van der Waals surface area (Å²) in [5, 5.41) is 23.3. The zero-order valence-corrected chi connectivity index (χ0v) is 24.4. The molecule has 39 heavy (non-hydrogen) atoms. The number of allylic oxidation sites excluding steroid dienone is 2. The Morgan fingerprint density at radius 3 is 1.97 bits per heavy atom. The molecule has 4 rings (SSSR count). The Bertz CT molecular complexity index is 1380. The van der Waals surface area contributed by atoms with E-state index in [-0.39, 0.29) is 21.2 Å². The second kappa shape index (κ2) is 10.2. The minimum absolute atomic E-state index is 0.0963. The molecule has 0 spiro atoms. The maximum Gasteiger partial charge on any atom is 0.270 e. The molecule has 2 aliphatic heterocycles. The number of fused-ring (bicyclic) bond motifs is 2. The number of hydrogen-bond donors (Lipinski definition) is 0. The van der Waals surface area contributed by atoms with Gasteiger partial charge in [-0.15, -0.1) is 0 Å². The van der Waals surface area contributed by atoms with Crippen LogP contribution in [0.15, 0.2) is 48.2 Å². The van der Waals surface area contributed by atoms with Crippen molar-refractivity contribution in [3.05, 3.63) is 79.5 Å². The highest BCUT2D eigenvalue weighted by atomic mass is 16.6. The first-order chi connectivity index (χ1) is 18.2. The molecule has 0 aromatic heterocycles. The Morgan fingerprint density at radius 2 is 1.41 bits per heavy atom. The van der Waals surface area contributed by atoms with Gasteiger partial charge in [0.05, 0.1) is 15.3 Å². The predicted octanol–water partition coefficient (Wildman–Crippen LogP) is 7.65. The van der Waals surface area contributed by atoms with Crippen molar-refractivity contribution >= 4 is 28.5 Å². The van der Waals surface area contributed by atoms with E-state index in [4.69, 9.17) is 0 Å². The van der Waals surface area contributed by atoms with Crippen LogP contribution in [0.25, 0.3) is 0 Å². The van der Waals surface area contributed by atoms with Crippen LogP contribution in [0.3, 0.4) is 0 Å². The zero-order chi connectivity index (χ0) is 28.9. The highest BCUT2D eigenvalue weighted by molar-refractivity contribution is 6.04. The second-order valence-electron chi connectivity index (χ2n) is 12.8. The van der Waals surface area contributed by atoms with E-state index in [1.165, 1.54) is 0 Å². The third-order valence-corrected chi connectivity index (χ3v) is 8.31. The van der Waals surface area contributed by atoms with Crippen LogP contribution < -0.4 is 4.90 Å². The van der Waals surface area contributed by atoms with Gasteiger partial charge in [0, 0.05) is 71.7 Å². The van der Waals surface area contributed by atoms with Gasteiger partial charge >= 0.3 is 0 Å². The van der Waals surface area contributed by atoms with Gasteiger partial charge in [-0.3, -0.25) is 20.2 Å². The third-order valence-electron chi connectivity index (χ3n) is 8.31. The third kappa shape index (κ3) is 5.09. The Morgan fingerprint density at radius 1 is 0.846 bits per heavy atom. The first-order valence-electron chi connectivity index (χ1n) is 13.9. The molecule has 0 bridgehead atoms. The van der Waals surface area contributed by atoms with E-state index in [0.29, 0.717) is 11.8 Å². The van der Waals surface area contributed by atoms with Gasteiger partial charge in [-0.25, -0.2) is 0 Å². The summed E-state index contributed by atoms with van der Waals surface area (Å²) in [5.74, 6) is 0.999. The molecule has 0 atom stereocenters. The second-order valence-corrected chi connectivity index (χ2v) is 12.8. The minimum Gasteiger partial charge on any atom is -0.344 e. The maximum absolute atomic E-state index is 11.6. The normalized spacial score (nSPS) is 18.3. The molecule has 2 aromatic rings. The highest BCUT2D eigenvalue weighted by Crippen LogP contribution is 2.50. The number of anilines is 1. The van der Waals surface area contributed by atoms with E-state index in [1.807, 2.05) is 12.1 Å². The van der Waals surface area contributed by atoms with Crippen molar-refractivity contribution in [3.63, 3.8) is 0 Å². The van der Waals surface area contributed by atoms with Gasteiger partial charge in [-0.2, -0.15) is 4.58 Å². The minimum atomic E-state index is -0.466. The Labute approximate surface area is 231 Å². The van der Waals surface area contributed by atoms with Crippen LogP contribution in [0.5, 0.6) is 0 Å². The summed E-state index contributed by atoms with van der Waals surface area (Å²) in [7, 11) is 0. The molecule has 0 aliphatic carbocycles. The van der Waals surface area contributed by atoms with Crippen LogP contribution >= 0.6 is 0 Å². The summed E-state index contributed by atoms with van der Waals surface area (Å²) < 4.78 is 2.33. The van der Waals surface area contributed by atoms with Crippen molar-refractivity contribution in [2.45, 2.75) is 79.1 Å². The summed E-state index contributed by atoms with van der Waals surface area (Å²) in [4.78, 5) is 25.0. The monoisotopic (exact) mass is 533 g/mol. The van der Waals surface area contributed by atoms with E-state index < -0.39 is 10.8 Å². The van der Waals surface area contributed by atoms with Crippen molar-refractivity contribution in [2.24, 2.45) is 11.8 Å². The summed E-state index contributed by atoms with van der Waals surface area (Å²) in [6.45, 7) is 18.9. The molecule has 8 nitrogen and oxygen atoms in total. The fourth-order valence-corrected chi connectivity index (χ4v) is 5.86. The lowest BCUT2D eigenvalue weighted by atomic mass is 9.78. The molecule has 0 unspecified atom stereocenters. The maximum atomic E-state index is 11.6. The summed E-state index contributed by atoms with van der Waals surface area (Å²) >= 11 is 0. The molecule has 2 heterocycles. The topological polar surface area (TPSA) is 92.5 Å². The number of nitro groups is 2. The fourth-order valence-electron chi connectivity index (χ4n) is 5.86. The van der Waals surface area contributed by atoms with Gasteiger partial charge in [0.2, 0.25) is 5.69 Å². The molecular weight excluding hydrogens is 492 g/mol. The Hall–Kier alpha value is -3.55. The predicted molar refractivity (Wildman–Crippen MR) is 156 cm³/mol. The molecule has 0 amide bonds. The van der Waals surface area contributed by atoms with Gasteiger partial charge < -0.3 is 4.90 Å². The zero-order valence-electron chi connectivity index (χ0n) is 24.4. The van der Waals surface area contributed by atoms with Gasteiger partial charge in [0.15, 0.2) is 5.71 Å². The van der Waals surface area contributed by atoms with E-state index in [2.05, 4.69) is 70.9 Å². The van der Waals surface area contributed by atoms with Crippen molar-refractivity contribution < 1.29 is 14.4 Å². The number of nitro benzene ring substituents is 2. The molecule has 2 aromatic carbocycles. The van der Waals surface area contributed by atoms with E-state index in [1.54, 1.807) is 24.3 Å². The van der Waals surface area contributed by atoms with E-state index in [0.717, 1.165) is 59.8 Å². The van der Waals surface area contributed by atoms with Crippen molar-refractivity contribution in [1.29, 1.82) is 0 Å². The number of hydrogen-bond acceptors (Lipinski definition) is 5. The fraction of sp³-hybridized carbons (Fsp3) is 0.516. The molecular formula is C31H41N4O4+. The van der Waals surface area contributed by atoms with Gasteiger partial charge in [-0.05, 0) is 43.7 Å². The highest BCUT2D eigenvalue weighted by Gasteiger charge is 2.48. The summed E-state index contributed by atoms with van der Waals surface area (Å²) in [6.07, 6.45) is 4.22. The van der Waals surface area contributed by atoms with Crippen LogP contribution in [0.4, 0.5) is 22.7 Å². The van der Waals surface area contributed by atoms with Gasteiger partial charge in [0.1, 0.15) is 6.54 Å². The standard InChI is InChI=1S/C31H41N4O4/c1-20(2)13-15-32-26-11-9-22(34(36)37)17-24(26)30(5,6)28(32)19-29-31(7,8)25-18-23(35(38)39)10-12-27(25)33(29)16-14-21(3)4/h9-12,17-21H,13-16H2,1-8H3/q+1. The molecule has 2 aliphatic rings.